The van der Waals surface area contributed by atoms with Crippen LogP contribution in [0.15, 0.2) is 18.6 Å². The summed E-state index contributed by atoms with van der Waals surface area (Å²) in [5.41, 5.74) is 0.100. The van der Waals surface area contributed by atoms with Gasteiger partial charge in [-0.2, -0.15) is 0 Å². The third-order valence-electron chi connectivity index (χ3n) is 3.13. The Bertz CT molecular complexity index is 444. The number of nitrogens with zero attached hydrogens (tertiary/aromatic N) is 2. The first-order valence-electron chi connectivity index (χ1n) is 6.44. The van der Waals surface area contributed by atoms with Crippen LogP contribution in [0.25, 0.3) is 0 Å². The number of carbonyl (C=O) groups is 2. The van der Waals surface area contributed by atoms with Gasteiger partial charge in [-0.3, -0.25) is 9.78 Å². The van der Waals surface area contributed by atoms with E-state index in [-0.39, 0.29) is 17.6 Å². The van der Waals surface area contributed by atoms with E-state index in [1.807, 2.05) is 0 Å². The smallest absolute Gasteiger partial charge is 0.359 e. The Balaban J connectivity index is 1.84. The molecule has 102 valence electrons. The van der Waals surface area contributed by atoms with Crippen LogP contribution in [-0.2, 0) is 9.53 Å². The number of hydrogen-bond donors (Lipinski definition) is 1. The lowest BCUT2D eigenvalue weighted by molar-refractivity contribution is -0.129. The number of amides is 1. The summed E-state index contributed by atoms with van der Waals surface area (Å²) in [6.45, 7) is 1.55. The summed E-state index contributed by atoms with van der Waals surface area (Å²) in [6, 6.07) is 0.213. The van der Waals surface area contributed by atoms with Gasteiger partial charge in [-0.05, 0) is 19.8 Å². The first-order chi connectivity index (χ1) is 9.16. The highest BCUT2D eigenvalue weighted by molar-refractivity contribution is 5.90. The Morgan fingerprint density at radius 2 is 2.11 bits per heavy atom. The number of carbonyl (C=O) groups excluding carboxylic acids is 2. The van der Waals surface area contributed by atoms with Crippen molar-refractivity contribution >= 4 is 11.9 Å². The maximum Gasteiger partial charge on any atom is 0.359 e. The van der Waals surface area contributed by atoms with E-state index in [1.165, 1.54) is 18.6 Å². The normalized spacial score (nSPS) is 16.9. The largest absolute Gasteiger partial charge is 0.448 e. The van der Waals surface area contributed by atoms with E-state index in [1.54, 1.807) is 6.92 Å². The van der Waals surface area contributed by atoms with Gasteiger partial charge < -0.3 is 10.1 Å². The van der Waals surface area contributed by atoms with Crippen molar-refractivity contribution < 1.29 is 14.3 Å². The Kier molecular flexibility index (Phi) is 4.43. The predicted molar refractivity (Wildman–Crippen MR) is 67.3 cm³/mol. The molecule has 1 fully saturated rings. The fourth-order valence-electron chi connectivity index (χ4n) is 2.07. The van der Waals surface area contributed by atoms with Crippen LogP contribution in [0.3, 0.4) is 0 Å². The van der Waals surface area contributed by atoms with Gasteiger partial charge in [0, 0.05) is 18.4 Å². The number of nitrogens with one attached hydrogen (secondary N) is 1. The van der Waals surface area contributed by atoms with Crippen molar-refractivity contribution in [2.45, 2.75) is 44.8 Å². The minimum atomic E-state index is -0.824. The van der Waals surface area contributed by atoms with E-state index in [4.69, 9.17) is 4.74 Å². The zero-order chi connectivity index (χ0) is 13.7. The van der Waals surface area contributed by atoms with Gasteiger partial charge >= 0.3 is 5.97 Å². The second-order valence-corrected chi connectivity index (χ2v) is 4.63. The zero-order valence-corrected chi connectivity index (χ0v) is 10.8. The van der Waals surface area contributed by atoms with Crippen LogP contribution in [0.5, 0.6) is 0 Å². The van der Waals surface area contributed by atoms with E-state index >= 15 is 0 Å². The SMILES string of the molecule is C[C@@H](OC(=O)c1cnccn1)C(=O)NC1CCCC1. The molecule has 6 nitrogen and oxygen atoms in total. The number of rotatable bonds is 4. The van der Waals surface area contributed by atoms with Gasteiger partial charge in [0.25, 0.3) is 5.91 Å². The molecular weight excluding hydrogens is 246 g/mol. The molecule has 1 aromatic heterocycles. The summed E-state index contributed by atoms with van der Waals surface area (Å²) >= 11 is 0. The molecule has 1 N–H and O–H groups in total. The summed E-state index contributed by atoms with van der Waals surface area (Å²) in [7, 11) is 0. The highest BCUT2D eigenvalue weighted by Crippen LogP contribution is 2.17. The summed E-state index contributed by atoms with van der Waals surface area (Å²) in [5.74, 6) is -0.897. The Morgan fingerprint density at radius 1 is 1.37 bits per heavy atom. The predicted octanol–water partition coefficient (Wildman–Crippen LogP) is 1.08. The van der Waals surface area contributed by atoms with Gasteiger partial charge in [-0.25, -0.2) is 9.78 Å². The topological polar surface area (TPSA) is 81.2 Å². The molecule has 19 heavy (non-hydrogen) atoms. The number of ether oxygens (including phenoxy) is 1. The van der Waals surface area contributed by atoms with Crippen LogP contribution in [0.1, 0.15) is 43.1 Å². The molecule has 0 saturated heterocycles. The fourth-order valence-corrected chi connectivity index (χ4v) is 2.07. The van der Waals surface area contributed by atoms with E-state index in [0.29, 0.717) is 0 Å². The third-order valence-corrected chi connectivity index (χ3v) is 3.13. The van der Waals surface area contributed by atoms with Crippen molar-refractivity contribution in [3.05, 3.63) is 24.3 Å². The van der Waals surface area contributed by atoms with Crippen molar-refractivity contribution in [3.63, 3.8) is 0 Å². The van der Waals surface area contributed by atoms with Crippen LogP contribution in [0, 0.1) is 0 Å². The molecule has 6 heteroatoms. The van der Waals surface area contributed by atoms with Crippen LogP contribution in [-0.4, -0.2) is 34.0 Å². The van der Waals surface area contributed by atoms with Gasteiger partial charge in [-0.1, -0.05) is 12.8 Å². The molecule has 0 spiro atoms. The molecule has 1 aliphatic carbocycles. The molecule has 0 aliphatic heterocycles. The highest BCUT2D eigenvalue weighted by atomic mass is 16.5. The maximum atomic E-state index is 11.8. The van der Waals surface area contributed by atoms with Crippen molar-refractivity contribution in [1.29, 1.82) is 0 Å². The minimum Gasteiger partial charge on any atom is -0.448 e. The minimum absolute atomic E-state index is 0.100. The van der Waals surface area contributed by atoms with Crippen LogP contribution < -0.4 is 5.32 Å². The molecule has 1 saturated carbocycles. The lowest BCUT2D eigenvalue weighted by atomic mass is 10.2. The molecule has 0 radical (unpaired) electrons. The van der Waals surface area contributed by atoms with Crippen LogP contribution >= 0.6 is 0 Å². The molecule has 1 amide bonds. The lowest BCUT2D eigenvalue weighted by Crippen LogP contribution is -2.40. The molecule has 0 unspecified atom stereocenters. The first kappa shape index (κ1) is 13.5. The molecule has 0 aromatic carbocycles. The third kappa shape index (κ3) is 3.74. The summed E-state index contributed by atoms with van der Waals surface area (Å²) in [6.07, 6.45) is 7.62. The summed E-state index contributed by atoms with van der Waals surface area (Å²) in [5, 5.41) is 2.88. The van der Waals surface area contributed by atoms with Crippen molar-refractivity contribution in [2.75, 3.05) is 0 Å². The average molecular weight is 263 g/mol. The van der Waals surface area contributed by atoms with Crippen LogP contribution in [0.2, 0.25) is 0 Å². The van der Waals surface area contributed by atoms with E-state index in [9.17, 15) is 9.59 Å². The van der Waals surface area contributed by atoms with Crippen molar-refractivity contribution in [1.82, 2.24) is 15.3 Å². The maximum absolute atomic E-state index is 11.8. The molecular formula is C13H17N3O3. The second kappa shape index (κ2) is 6.26. The average Bonchev–Trinajstić information content (AvgIpc) is 2.92. The number of aromatic nitrogens is 2. The van der Waals surface area contributed by atoms with E-state index < -0.39 is 12.1 Å². The molecule has 1 aliphatic rings. The highest BCUT2D eigenvalue weighted by Gasteiger charge is 2.23. The van der Waals surface area contributed by atoms with Gasteiger partial charge in [0.1, 0.15) is 0 Å². The van der Waals surface area contributed by atoms with Crippen LogP contribution in [0.4, 0.5) is 0 Å². The Labute approximate surface area is 111 Å². The second-order valence-electron chi connectivity index (χ2n) is 4.63. The number of esters is 1. The zero-order valence-electron chi connectivity index (χ0n) is 10.8. The molecule has 2 rings (SSSR count). The van der Waals surface area contributed by atoms with Gasteiger partial charge in [0.15, 0.2) is 11.8 Å². The molecule has 1 aromatic rings. The van der Waals surface area contributed by atoms with Gasteiger partial charge in [0.05, 0.1) is 6.20 Å². The Morgan fingerprint density at radius 3 is 2.74 bits per heavy atom. The standard InChI is InChI=1S/C13H17N3O3/c1-9(12(17)16-10-4-2-3-5-10)19-13(18)11-8-14-6-7-15-11/h6-10H,2-5H2,1H3,(H,16,17)/t9-/m1/s1. The quantitative estimate of drug-likeness (QED) is 0.822. The monoisotopic (exact) mass is 263 g/mol. The van der Waals surface area contributed by atoms with Gasteiger partial charge in [0.2, 0.25) is 0 Å². The molecule has 1 atom stereocenters. The summed E-state index contributed by atoms with van der Waals surface area (Å²) < 4.78 is 5.06. The van der Waals surface area contributed by atoms with E-state index in [0.717, 1.165) is 25.7 Å². The number of hydrogen-bond acceptors (Lipinski definition) is 5. The fraction of sp³-hybridized carbons (Fsp3) is 0.538. The van der Waals surface area contributed by atoms with Crippen molar-refractivity contribution in [3.8, 4) is 0 Å². The van der Waals surface area contributed by atoms with Gasteiger partial charge in [-0.15, -0.1) is 0 Å². The summed E-state index contributed by atoms with van der Waals surface area (Å²) in [4.78, 5) is 31.1. The Hall–Kier alpha value is -1.98. The van der Waals surface area contributed by atoms with E-state index in [2.05, 4.69) is 15.3 Å². The molecule has 0 bridgehead atoms. The lowest BCUT2D eigenvalue weighted by Gasteiger charge is -2.16. The molecule has 1 heterocycles. The first-order valence-corrected chi connectivity index (χ1v) is 6.44. The van der Waals surface area contributed by atoms with Crippen molar-refractivity contribution in [2.24, 2.45) is 0 Å².